The van der Waals surface area contributed by atoms with Crippen molar-refractivity contribution in [3.63, 3.8) is 0 Å². The summed E-state index contributed by atoms with van der Waals surface area (Å²) in [5.74, 6) is 1.18. The minimum absolute atomic E-state index is 0.0234. The van der Waals surface area contributed by atoms with Crippen LogP contribution in [0.15, 0.2) is 46.4 Å². The van der Waals surface area contributed by atoms with Gasteiger partial charge >= 0.3 is 0 Å². The first-order chi connectivity index (χ1) is 12.1. The Morgan fingerprint density at radius 3 is 2.84 bits per heavy atom. The number of nitrogens with one attached hydrogen (secondary N) is 1. The Balaban J connectivity index is 1.56. The topological polar surface area (TPSA) is 80.9 Å². The van der Waals surface area contributed by atoms with Gasteiger partial charge in [-0.05, 0) is 29.5 Å². The number of nitrogens with zero attached hydrogens (tertiary/aromatic N) is 3. The Hall–Kier alpha value is -2.54. The molecular weight excluding hydrogens is 336 g/mol. The van der Waals surface area contributed by atoms with Gasteiger partial charge in [0.2, 0.25) is 17.6 Å². The first-order valence-corrected chi connectivity index (χ1v) is 9.08. The Labute approximate surface area is 150 Å². The van der Waals surface area contributed by atoms with Crippen LogP contribution < -0.4 is 5.32 Å². The second-order valence-electron chi connectivity index (χ2n) is 6.03. The van der Waals surface area contributed by atoms with Gasteiger partial charge < -0.3 is 9.84 Å². The fourth-order valence-corrected chi connectivity index (χ4v) is 3.41. The van der Waals surface area contributed by atoms with Gasteiger partial charge in [0.25, 0.3) is 0 Å². The summed E-state index contributed by atoms with van der Waals surface area (Å²) in [4.78, 5) is 21.9. The summed E-state index contributed by atoms with van der Waals surface area (Å²) in [6.45, 7) is 4.20. The largest absolute Gasteiger partial charge is 0.348 e. The fourth-order valence-electron chi connectivity index (χ4n) is 2.46. The molecule has 0 aromatic carbocycles. The molecule has 130 valence electrons. The third kappa shape index (κ3) is 4.51. The Morgan fingerprint density at radius 1 is 1.28 bits per heavy atom. The lowest BCUT2D eigenvalue weighted by molar-refractivity contribution is -0.122. The molecule has 3 aromatic heterocycles. The molecule has 1 N–H and O–H groups in total. The molecule has 3 rings (SSSR count). The summed E-state index contributed by atoms with van der Waals surface area (Å²) in [5.41, 5.74) is 0.652. The number of carbonyl (C=O) groups is 1. The molecule has 0 saturated carbocycles. The predicted octanol–water partition coefficient (Wildman–Crippen LogP) is 3.64. The van der Waals surface area contributed by atoms with Gasteiger partial charge in [-0.3, -0.25) is 9.78 Å². The van der Waals surface area contributed by atoms with Gasteiger partial charge in [-0.1, -0.05) is 31.1 Å². The van der Waals surface area contributed by atoms with Gasteiger partial charge in [0.15, 0.2) is 0 Å². The van der Waals surface area contributed by atoms with Crippen molar-refractivity contribution in [3.05, 3.63) is 52.7 Å². The molecule has 0 aliphatic carbocycles. The van der Waals surface area contributed by atoms with Gasteiger partial charge in [-0.15, -0.1) is 11.3 Å². The van der Waals surface area contributed by atoms with E-state index in [0.717, 1.165) is 0 Å². The van der Waals surface area contributed by atoms with E-state index in [-0.39, 0.29) is 11.9 Å². The Morgan fingerprint density at radius 2 is 2.16 bits per heavy atom. The standard InChI is InChI=1S/C18H20N4O2S/c1-12(2)17(14-7-5-11-25-14)20-15(23)8-9-16-21-18(22-24-16)13-6-3-4-10-19-13/h3-7,10-12,17H,8-9H2,1-2H3,(H,20,23)/t17-/m0/s1. The molecule has 0 radical (unpaired) electrons. The maximum atomic E-state index is 12.3. The van der Waals surface area contributed by atoms with Crippen LogP contribution in [0.5, 0.6) is 0 Å². The zero-order chi connectivity index (χ0) is 17.6. The highest BCUT2D eigenvalue weighted by Gasteiger charge is 2.19. The highest BCUT2D eigenvalue weighted by atomic mass is 32.1. The van der Waals surface area contributed by atoms with Crippen LogP contribution in [0.25, 0.3) is 11.5 Å². The highest BCUT2D eigenvalue weighted by molar-refractivity contribution is 7.10. The molecule has 0 saturated heterocycles. The second kappa shape index (κ2) is 8.02. The number of thiophene rings is 1. The molecule has 0 aliphatic rings. The van der Waals surface area contributed by atoms with E-state index in [2.05, 4.69) is 34.3 Å². The average Bonchev–Trinajstić information content (AvgIpc) is 3.30. The lowest BCUT2D eigenvalue weighted by atomic mass is 10.0. The van der Waals surface area contributed by atoms with Crippen molar-refractivity contribution < 1.29 is 9.32 Å². The molecule has 0 bridgehead atoms. The van der Waals surface area contributed by atoms with Crippen LogP contribution in [0.3, 0.4) is 0 Å². The predicted molar refractivity (Wildman–Crippen MR) is 95.9 cm³/mol. The van der Waals surface area contributed by atoms with E-state index in [1.165, 1.54) is 4.88 Å². The lowest BCUT2D eigenvalue weighted by Gasteiger charge is -2.21. The number of rotatable bonds is 7. The summed E-state index contributed by atoms with van der Waals surface area (Å²) >= 11 is 1.65. The van der Waals surface area contributed by atoms with Crippen molar-refractivity contribution in [2.75, 3.05) is 0 Å². The first kappa shape index (κ1) is 17.3. The van der Waals surface area contributed by atoms with E-state index in [9.17, 15) is 4.79 Å². The number of amides is 1. The number of aryl methyl sites for hydroxylation is 1. The third-order valence-corrected chi connectivity index (χ3v) is 4.72. The maximum absolute atomic E-state index is 12.3. The normalized spacial score (nSPS) is 12.3. The fraction of sp³-hybridized carbons (Fsp3) is 0.333. The smallest absolute Gasteiger partial charge is 0.227 e. The van der Waals surface area contributed by atoms with Crippen LogP contribution in [-0.4, -0.2) is 21.0 Å². The van der Waals surface area contributed by atoms with Crippen LogP contribution in [-0.2, 0) is 11.2 Å². The van der Waals surface area contributed by atoms with Crippen molar-refractivity contribution >= 4 is 17.2 Å². The number of aromatic nitrogens is 3. The molecule has 0 aliphatic heterocycles. The zero-order valence-corrected chi connectivity index (χ0v) is 15.0. The summed E-state index contributed by atoms with van der Waals surface area (Å²) in [6, 6.07) is 9.58. The van der Waals surface area contributed by atoms with E-state index in [1.807, 2.05) is 35.7 Å². The van der Waals surface area contributed by atoms with Crippen molar-refractivity contribution in [3.8, 4) is 11.5 Å². The minimum Gasteiger partial charge on any atom is -0.348 e. The number of pyridine rings is 1. The summed E-state index contributed by atoms with van der Waals surface area (Å²) in [7, 11) is 0. The van der Waals surface area contributed by atoms with Crippen LogP contribution in [0, 0.1) is 5.92 Å². The average molecular weight is 356 g/mol. The van der Waals surface area contributed by atoms with Crippen LogP contribution in [0.4, 0.5) is 0 Å². The zero-order valence-electron chi connectivity index (χ0n) is 14.2. The van der Waals surface area contributed by atoms with E-state index in [1.54, 1.807) is 17.5 Å². The quantitative estimate of drug-likeness (QED) is 0.699. The monoisotopic (exact) mass is 356 g/mol. The van der Waals surface area contributed by atoms with Crippen LogP contribution in [0.1, 0.15) is 37.1 Å². The highest BCUT2D eigenvalue weighted by Crippen LogP contribution is 2.25. The molecule has 1 amide bonds. The second-order valence-corrected chi connectivity index (χ2v) is 7.01. The molecule has 3 heterocycles. The summed E-state index contributed by atoms with van der Waals surface area (Å²) < 4.78 is 5.22. The van der Waals surface area contributed by atoms with Gasteiger partial charge in [0.1, 0.15) is 5.69 Å². The third-order valence-electron chi connectivity index (χ3n) is 3.76. The molecule has 0 unspecified atom stereocenters. The molecular formula is C18H20N4O2S. The van der Waals surface area contributed by atoms with Gasteiger partial charge in [0, 0.05) is 23.9 Å². The molecule has 0 fully saturated rings. The molecule has 0 spiro atoms. The van der Waals surface area contributed by atoms with Crippen LogP contribution >= 0.6 is 11.3 Å². The lowest BCUT2D eigenvalue weighted by Crippen LogP contribution is -2.31. The number of hydrogen-bond acceptors (Lipinski definition) is 6. The van der Waals surface area contributed by atoms with Gasteiger partial charge in [0.05, 0.1) is 6.04 Å². The van der Waals surface area contributed by atoms with Crippen molar-refractivity contribution in [2.45, 2.75) is 32.7 Å². The summed E-state index contributed by atoms with van der Waals surface area (Å²) in [6.07, 6.45) is 2.38. The van der Waals surface area contributed by atoms with Crippen molar-refractivity contribution in [1.29, 1.82) is 0 Å². The van der Waals surface area contributed by atoms with Gasteiger partial charge in [-0.2, -0.15) is 4.98 Å². The number of hydrogen-bond donors (Lipinski definition) is 1. The van der Waals surface area contributed by atoms with E-state index < -0.39 is 0 Å². The number of carbonyl (C=O) groups excluding carboxylic acids is 1. The van der Waals surface area contributed by atoms with E-state index >= 15 is 0 Å². The van der Waals surface area contributed by atoms with E-state index in [4.69, 9.17) is 4.52 Å². The Kier molecular flexibility index (Phi) is 5.55. The Bertz CT molecular complexity index is 800. The van der Waals surface area contributed by atoms with Gasteiger partial charge in [-0.25, -0.2) is 0 Å². The first-order valence-electron chi connectivity index (χ1n) is 8.20. The van der Waals surface area contributed by atoms with Crippen molar-refractivity contribution in [1.82, 2.24) is 20.4 Å². The summed E-state index contributed by atoms with van der Waals surface area (Å²) in [5, 5.41) is 9.03. The molecule has 6 nitrogen and oxygen atoms in total. The molecule has 3 aromatic rings. The molecule has 7 heteroatoms. The van der Waals surface area contributed by atoms with Crippen molar-refractivity contribution in [2.24, 2.45) is 5.92 Å². The SMILES string of the molecule is CC(C)[C@H](NC(=O)CCc1nc(-c2ccccn2)no1)c1cccs1. The minimum atomic E-state index is -0.0234. The van der Waals surface area contributed by atoms with Crippen LogP contribution in [0.2, 0.25) is 0 Å². The molecule has 25 heavy (non-hydrogen) atoms. The molecule has 1 atom stereocenters. The van der Waals surface area contributed by atoms with E-state index in [0.29, 0.717) is 36.2 Å². The maximum Gasteiger partial charge on any atom is 0.227 e.